The van der Waals surface area contributed by atoms with Crippen LogP contribution in [0.1, 0.15) is 0 Å². The Morgan fingerprint density at radius 3 is 3.05 bits per heavy atom. The van der Waals surface area contributed by atoms with Crippen molar-refractivity contribution in [2.24, 2.45) is 5.73 Å². The van der Waals surface area contributed by atoms with Crippen LogP contribution in [0.5, 0.6) is 5.75 Å². The molecule has 0 atom stereocenters. The summed E-state index contributed by atoms with van der Waals surface area (Å²) < 4.78 is 6.75. The first-order valence-corrected chi connectivity index (χ1v) is 7.25. The molecule has 2 aromatic rings. The Morgan fingerprint density at radius 1 is 1.48 bits per heavy atom. The molecule has 0 unspecified atom stereocenters. The molecule has 0 fully saturated rings. The van der Waals surface area contributed by atoms with Gasteiger partial charge in [0, 0.05) is 6.54 Å². The Bertz CT molecular complexity index is 603. The van der Waals surface area contributed by atoms with Gasteiger partial charge in [-0.05, 0) is 22.6 Å². The van der Waals surface area contributed by atoms with Crippen LogP contribution in [-0.4, -0.2) is 45.5 Å². The van der Waals surface area contributed by atoms with E-state index in [-0.39, 0.29) is 11.7 Å². The summed E-state index contributed by atoms with van der Waals surface area (Å²) in [6, 6.07) is 7.22. The molecular weight excluding hydrogens is 292 g/mol. The highest BCUT2D eigenvalue weighted by Gasteiger charge is 2.11. The molecule has 0 saturated carbocycles. The van der Waals surface area contributed by atoms with E-state index in [0.717, 1.165) is 0 Å². The molecule has 1 amide bonds. The van der Waals surface area contributed by atoms with Crippen molar-refractivity contribution in [3.8, 4) is 5.75 Å². The van der Waals surface area contributed by atoms with Crippen LogP contribution in [0.25, 0.3) is 0 Å². The minimum atomic E-state index is -0.160. The fraction of sp³-hybridized carbons (Fsp3) is 0.333. The van der Waals surface area contributed by atoms with Gasteiger partial charge in [0.1, 0.15) is 5.75 Å². The first-order valence-electron chi connectivity index (χ1n) is 6.26. The molecule has 0 saturated heterocycles. The van der Waals surface area contributed by atoms with Crippen LogP contribution < -0.4 is 15.8 Å². The van der Waals surface area contributed by atoms with E-state index in [1.807, 2.05) is 12.1 Å². The summed E-state index contributed by atoms with van der Waals surface area (Å²) in [5.41, 5.74) is 6.09. The van der Waals surface area contributed by atoms with E-state index in [2.05, 4.69) is 20.8 Å². The molecule has 0 spiro atoms. The van der Waals surface area contributed by atoms with Crippen molar-refractivity contribution in [3.05, 3.63) is 24.3 Å². The maximum Gasteiger partial charge on any atom is 0.234 e. The second kappa shape index (κ2) is 7.60. The predicted molar refractivity (Wildman–Crippen MR) is 79.2 cm³/mol. The number of nitrogens with zero attached hydrogens (tertiary/aromatic N) is 4. The molecule has 1 aromatic heterocycles. The van der Waals surface area contributed by atoms with Gasteiger partial charge in [-0.1, -0.05) is 23.9 Å². The third-order valence-electron chi connectivity index (χ3n) is 2.55. The number of methoxy groups -OCH3 is 1. The van der Waals surface area contributed by atoms with Gasteiger partial charge in [-0.25, -0.2) is 4.68 Å². The van der Waals surface area contributed by atoms with E-state index < -0.39 is 0 Å². The number of tetrazole rings is 1. The van der Waals surface area contributed by atoms with Gasteiger partial charge in [0.15, 0.2) is 0 Å². The molecule has 1 aromatic carbocycles. The van der Waals surface area contributed by atoms with Crippen molar-refractivity contribution >= 4 is 23.4 Å². The average molecular weight is 308 g/mol. The molecule has 9 heteroatoms. The number of para-hydroxylation sites is 2. The number of rotatable bonds is 7. The Hall–Kier alpha value is -2.13. The molecule has 112 valence electrons. The fourth-order valence-electron chi connectivity index (χ4n) is 1.63. The number of nitrogens with one attached hydrogen (secondary N) is 1. The molecule has 0 aliphatic rings. The van der Waals surface area contributed by atoms with E-state index in [1.54, 1.807) is 23.9 Å². The number of thioether (sulfide) groups is 1. The number of benzene rings is 1. The Labute approximate surface area is 126 Å². The summed E-state index contributed by atoms with van der Waals surface area (Å²) in [6.07, 6.45) is 0. The zero-order valence-corrected chi connectivity index (χ0v) is 12.3. The highest BCUT2D eigenvalue weighted by molar-refractivity contribution is 7.99. The first-order chi connectivity index (χ1) is 10.2. The van der Waals surface area contributed by atoms with Gasteiger partial charge >= 0.3 is 0 Å². The van der Waals surface area contributed by atoms with Gasteiger partial charge in [-0.15, -0.1) is 5.10 Å². The minimum absolute atomic E-state index is 0.160. The number of aromatic nitrogens is 4. The third-order valence-corrected chi connectivity index (χ3v) is 3.51. The SMILES string of the molecule is COc1ccccc1NC(=O)CSc1nnnn1CCN. The van der Waals surface area contributed by atoms with E-state index in [4.69, 9.17) is 10.5 Å². The number of carbonyl (C=O) groups is 1. The molecule has 8 nitrogen and oxygen atoms in total. The summed E-state index contributed by atoms with van der Waals surface area (Å²) in [5.74, 6) is 0.652. The Balaban J connectivity index is 1.91. The highest BCUT2D eigenvalue weighted by atomic mass is 32.2. The Morgan fingerprint density at radius 2 is 2.29 bits per heavy atom. The van der Waals surface area contributed by atoms with Crippen LogP contribution in [0.3, 0.4) is 0 Å². The van der Waals surface area contributed by atoms with E-state index in [1.165, 1.54) is 11.8 Å². The van der Waals surface area contributed by atoms with Gasteiger partial charge in [0.25, 0.3) is 0 Å². The number of nitrogens with two attached hydrogens (primary N) is 1. The van der Waals surface area contributed by atoms with Crippen LogP contribution in [-0.2, 0) is 11.3 Å². The van der Waals surface area contributed by atoms with Crippen molar-refractivity contribution in [3.63, 3.8) is 0 Å². The monoisotopic (exact) mass is 308 g/mol. The number of ether oxygens (including phenoxy) is 1. The van der Waals surface area contributed by atoms with Crippen molar-refractivity contribution in [1.29, 1.82) is 0 Å². The van der Waals surface area contributed by atoms with Crippen LogP contribution in [0, 0.1) is 0 Å². The van der Waals surface area contributed by atoms with Gasteiger partial charge in [0.05, 0.1) is 25.1 Å². The minimum Gasteiger partial charge on any atom is -0.495 e. The number of hydrogen-bond acceptors (Lipinski definition) is 7. The highest BCUT2D eigenvalue weighted by Crippen LogP contribution is 2.23. The van der Waals surface area contributed by atoms with Gasteiger partial charge in [-0.3, -0.25) is 4.79 Å². The predicted octanol–water partition coefficient (Wildman–Crippen LogP) is 0.371. The standard InChI is InChI=1S/C12H16N6O2S/c1-20-10-5-3-2-4-9(10)14-11(19)8-21-12-15-16-17-18(12)7-6-13/h2-5H,6-8,13H2,1H3,(H,14,19). The van der Waals surface area contributed by atoms with Crippen molar-refractivity contribution in [2.75, 3.05) is 24.7 Å². The summed E-state index contributed by atoms with van der Waals surface area (Å²) in [7, 11) is 1.56. The lowest BCUT2D eigenvalue weighted by atomic mass is 10.3. The van der Waals surface area contributed by atoms with E-state index in [9.17, 15) is 4.79 Å². The average Bonchev–Trinajstić information content (AvgIpc) is 2.93. The smallest absolute Gasteiger partial charge is 0.234 e. The van der Waals surface area contributed by atoms with Crippen molar-refractivity contribution < 1.29 is 9.53 Å². The van der Waals surface area contributed by atoms with E-state index >= 15 is 0 Å². The maximum absolute atomic E-state index is 12.0. The molecule has 21 heavy (non-hydrogen) atoms. The lowest BCUT2D eigenvalue weighted by Gasteiger charge is -2.09. The second-order valence-electron chi connectivity index (χ2n) is 4.01. The lowest BCUT2D eigenvalue weighted by molar-refractivity contribution is -0.113. The van der Waals surface area contributed by atoms with Crippen LogP contribution >= 0.6 is 11.8 Å². The molecule has 0 radical (unpaired) electrons. The van der Waals surface area contributed by atoms with E-state index in [0.29, 0.717) is 29.7 Å². The molecule has 2 rings (SSSR count). The maximum atomic E-state index is 12.0. The molecule has 0 aliphatic heterocycles. The van der Waals surface area contributed by atoms with Crippen LogP contribution in [0.15, 0.2) is 29.4 Å². The summed E-state index contributed by atoms with van der Waals surface area (Å²) in [4.78, 5) is 12.0. The molecular formula is C12H16N6O2S. The largest absolute Gasteiger partial charge is 0.495 e. The van der Waals surface area contributed by atoms with Gasteiger partial charge in [0.2, 0.25) is 11.1 Å². The molecule has 3 N–H and O–H groups in total. The second-order valence-corrected chi connectivity index (χ2v) is 4.95. The Kier molecular flexibility index (Phi) is 5.52. The summed E-state index contributed by atoms with van der Waals surface area (Å²) in [6.45, 7) is 0.954. The number of hydrogen-bond donors (Lipinski definition) is 2. The van der Waals surface area contributed by atoms with Gasteiger partial charge < -0.3 is 15.8 Å². The fourth-order valence-corrected chi connectivity index (χ4v) is 2.33. The summed E-state index contributed by atoms with van der Waals surface area (Å²) in [5, 5.41) is 14.6. The number of amides is 1. The normalized spacial score (nSPS) is 10.4. The van der Waals surface area contributed by atoms with Crippen LogP contribution in [0.2, 0.25) is 0 Å². The summed E-state index contributed by atoms with van der Waals surface area (Å²) >= 11 is 1.25. The first kappa shape index (κ1) is 15.3. The molecule has 0 bridgehead atoms. The van der Waals surface area contributed by atoms with Crippen molar-refractivity contribution in [1.82, 2.24) is 20.2 Å². The topological polar surface area (TPSA) is 108 Å². The quantitative estimate of drug-likeness (QED) is 0.711. The lowest BCUT2D eigenvalue weighted by Crippen LogP contribution is -2.16. The third kappa shape index (κ3) is 4.17. The molecule has 1 heterocycles. The number of carbonyl (C=O) groups excluding carboxylic acids is 1. The van der Waals surface area contributed by atoms with Gasteiger partial charge in [-0.2, -0.15) is 0 Å². The van der Waals surface area contributed by atoms with Crippen molar-refractivity contribution in [2.45, 2.75) is 11.7 Å². The zero-order valence-electron chi connectivity index (χ0n) is 11.5. The van der Waals surface area contributed by atoms with Crippen LogP contribution in [0.4, 0.5) is 5.69 Å². The molecule has 0 aliphatic carbocycles. The zero-order chi connectivity index (χ0) is 15.1. The number of anilines is 1.